The molecule has 2 N–H and O–H groups in total. The van der Waals surface area contributed by atoms with Crippen LogP contribution < -0.4 is 10.6 Å². The molecule has 0 unspecified atom stereocenters. The Balaban J connectivity index is 2.36. The van der Waals surface area contributed by atoms with Crippen molar-refractivity contribution in [2.45, 2.75) is 26.1 Å². The number of thiocarbonyl (C=S) groups is 1. The fraction of sp³-hybridized carbons (Fsp3) is 0.462. The molecule has 2 atom stereocenters. The minimum absolute atomic E-state index is 0.187. The summed E-state index contributed by atoms with van der Waals surface area (Å²) in [6.07, 6.45) is 0.374. The minimum atomic E-state index is 0.187. The lowest BCUT2D eigenvalue weighted by Crippen LogP contribution is -2.46. The Bertz CT molecular complexity index is 456. The molecule has 0 radical (unpaired) electrons. The highest BCUT2D eigenvalue weighted by Crippen LogP contribution is 2.27. The maximum Gasteiger partial charge on any atom is 0.106 e. The first-order chi connectivity index (χ1) is 8.47. The molecule has 3 nitrogen and oxygen atoms in total. The van der Waals surface area contributed by atoms with Gasteiger partial charge in [0.25, 0.3) is 0 Å². The van der Waals surface area contributed by atoms with E-state index < -0.39 is 0 Å². The fourth-order valence-corrected chi connectivity index (χ4v) is 2.69. The summed E-state index contributed by atoms with van der Waals surface area (Å²) in [6.45, 7) is 5.77. The Labute approximate surface area is 118 Å². The molecule has 1 aliphatic heterocycles. The smallest absolute Gasteiger partial charge is 0.106 e. The molecular weight excluding hydrogens is 268 g/mol. The van der Waals surface area contributed by atoms with Crippen LogP contribution in [0.1, 0.15) is 19.4 Å². The number of nitrogens with two attached hydrogens (primary N) is 1. The van der Waals surface area contributed by atoms with Crippen molar-refractivity contribution in [2.24, 2.45) is 5.73 Å². The van der Waals surface area contributed by atoms with Crippen LogP contribution in [0.15, 0.2) is 18.2 Å². The molecule has 1 heterocycles. The van der Waals surface area contributed by atoms with Crippen molar-refractivity contribution in [3.63, 3.8) is 0 Å². The number of morpholine rings is 1. The van der Waals surface area contributed by atoms with Gasteiger partial charge in [-0.1, -0.05) is 23.8 Å². The van der Waals surface area contributed by atoms with E-state index in [1.165, 1.54) is 0 Å². The first kappa shape index (κ1) is 13.6. The van der Waals surface area contributed by atoms with E-state index in [-0.39, 0.29) is 12.2 Å². The van der Waals surface area contributed by atoms with Crippen molar-refractivity contribution < 1.29 is 4.74 Å². The Morgan fingerprint density at radius 3 is 2.56 bits per heavy atom. The third-order valence-corrected chi connectivity index (χ3v) is 3.44. The summed E-state index contributed by atoms with van der Waals surface area (Å²) in [7, 11) is 0. The summed E-state index contributed by atoms with van der Waals surface area (Å²) >= 11 is 11.2. The highest BCUT2D eigenvalue weighted by atomic mass is 35.5. The summed E-state index contributed by atoms with van der Waals surface area (Å²) in [6, 6.07) is 5.61. The average Bonchev–Trinajstić information content (AvgIpc) is 2.27. The summed E-state index contributed by atoms with van der Waals surface area (Å²) < 4.78 is 5.73. The first-order valence-electron chi connectivity index (χ1n) is 5.97. The fourth-order valence-electron chi connectivity index (χ4n) is 2.35. The van der Waals surface area contributed by atoms with Gasteiger partial charge in [-0.25, -0.2) is 0 Å². The first-order valence-corrected chi connectivity index (χ1v) is 6.75. The molecule has 18 heavy (non-hydrogen) atoms. The summed E-state index contributed by atoms with van der Waals surface area (Å²) in [5.74, 6) is 0. The number of hydrogen-bond donors (Lipinski definition) is 1. The number of nitrogens with zero attached hydrogens (tertiary/aromatic N) is 1. The number of anilines is 1. The van der Waals surface area contributed by atoms with Gasteiger partial charge in [0.15, 0.2) is 0 Å². The molecule has 0 aliphatic carbocycles. The van der Waals surface area contributed by atoms with E-state index >= 15 is 0 Å². The largest absolute Gasteiger partial charge is 0.389 e. The predicted octanol–water partition coefficient (Wildman–Crippen LogP) is 2.59. The van der Waals surface area contributed by atoms with Crippen LogP contribution in [-0.2, 0) is 4.74 Å². The van der Waals surface area contributed by atoms with Crippen LogP contribution in [0.4, 0.5) is 5.69 Å². The van der Waals surface area contributed by atoms with Gasteiger partial charge < -0.3 is 15.4 Å². The van der Waals surface area contributed by atoms with Crippen molar-refractivity contribution in [1.29, 1.82) is 0 Å². The molecule has 0 amide bonds. The van der Waals surface area contributed by atoms with Gasteiger partial charge in [0, 0.05) is 29.4 Å². The molecule has 5 heteroatoms. The van der Waals surface area contributed by atoms with Gasteiger partial charge in [0.05, 0.1) is 12.2 Å². The van der Waals surface area contributed by atoms with Crippen LogP contribution in [0.5, 0.6) is 0 Å². The Morgan fingerprint density at radius 2 is 2.00 bits per heavy atom. The molecule has 1 aromatic rings. The van der Waals surface area contributed by atoms with E-state index in [4.69, 9.17) is 34.3 Å². The van der Waals surface area contributed by atoms with Crippen molar-refractivity contribution in [1.82, 2.24) is 0 Å². The molecular formula is C13H17ClN2OS. The quantitative estimate of drug-likeness (QED) is 0.847. The normalized spacial score (nSPS) is 24.1. The predicted molar refractivity (Wildman–Crippen MR) is 79.6 cm³/mol. The van der Waals surface area contributed by atoms with E-state index in [1.807, 2.05) is 18.2 Å². The highest BCUT2D eigenvalue weighted by molar-refractivity contribution is 7.80. The van der Waals surface area contributed by atoms with Crippen molar-refractivity contribution in [3.8, 4) is 0 Å². The summed E-state index contributed by atoms with van der Waals surface area (Å²) in [4.78, 5) is 2.63. The molecule has 1 saturated heterocycles. The zero-order valence-electron chi connectivity index (χ0n) is 10.5. The second-order valence-electron chi connectivity index (χ2n) is 4.69. The van der Waals surface area contributed by atoms with Crippen LogP contribution >= 0.6 is 23.8 Å². The molecule has 1 aromatic carbocycles. The van der Waals surface area contributed by atoms with Crippen LogP contribution in [-0.4, -0.2) is 30.3 Å². The lowest BCUT2D eigenvalue weighted by atomic mass is 10.1. The number of rotatable bonds is 2. The number of hydrogen-bond acceptors (Lipinski definition) is 3. The van der Waals surface area contributed by atoms with Crippen LogP contribution in [0, 0.1) is 0 Å². The van der Waals surface area contributed by atoms with Crippen molar-refractivity contribution in [2.75, 3.05) is 18.0 Å². The van der Waals surface area contributed by atoms with Gasteiger partial charge in [0.1, 0.15) is 4.99 Å². The topological polar surface area (TPSA) is 38.5 Å². The minimum Gasteiger partial charge on any atom is -0.389 e. The third-order valence-electron chi connectivity index (χ3n) is 2.99. The maximum absolute atomic E-state index is 6.07. The molecule has 0 saturated carbocycles. The third kappa shape index (κ3) is 2.94. The average molecular weight is 285 g/mol. The van der Waals surface area contributed by atoms with Gasteiger partial charge in [-0.2, -0.15) is 0 Å². The molecule has 98 valence electrons. The van der Waals surface area contributed by atoms with Crippen molar-refractivity contribution in [3.05, 3.63) is 28.8 Å². The summed E-state index contributed by atoms with van der Waals surface area (Å²) in [5, 5.41) is 0.691. The van der Waals surface area contributed by atoms with Crippen LogP contribution in [0.3, 0.4) is 0 Å². The highest BCUT2D eigenvalue weighted by Gasteiger charge is 2.24. The second-order valence-corrected chi connectivity index (χ2v) is 5.56. The van der Waals surface area contributed by atoms with E-state index in [9.17, 15) is 0 Å². The van der Waals surface area contributed by atoms with Gasteiger partial charge in [-0.15, -0.1) is 0 Å². The maximum atomic E-state index is 6.07. The van der Waals surface area contributed by atoms with E-state index in [1.54, 1.807) is 0 Å². The molecule has 1 aliphatic rings. The Kier molecular flexibility index (Phi) is 4.10. The van der Waals surface area contributed by atoms with E-state index in [2.05, 4.69) is 18.7 Å². The standard InChI is InChI=1S/C13H17ClN2OS/c1-8-6-16(7-9(2)17-8)12-5-10(14)3-4-11(12)13(15)18/h3-5,8-9H,6-7H2,1-2H3,(H2,15,18)/t8-,9+. The van der Waals surface area contributed by atoms with E-state index in [0.717, 1.165) is 24.3 Å². The molecule has 1 fully saturated rings. The zero-order valence-corrected chi connectivity index (χ0v) is 12.1. The van der Waals surface area contributed by atoms with Gasteiger partial charge in [0.2, 0.25) is 0 Å². The van der Waals surface area contributed by atoms with Crippen molar-refractivity contribution >= 4 is 34.5 Å². The zero-order chi connectivity index (χ0) is 13.3. The molecule has 0 spiro atoms. The lowest BCUT2D eigenvalue weighted by Gasteiger charge is -2.37. The molecule has 0 bridgehead atoms. The SMILES string of the molecule is C[C@@H]1CN(c2cc(Cl)ccc2C(N)=S)C[C@H](C)O1. The van der Waals surface area contributed by atoms with Gasteiger partial charge >= 0.3 is 0 Å². The number of benzene rings is 1. The number of ether oxygens (including phenoxy) is 1. The number of halogens is 1. The van der Waals surface area contributed by atoms with Gasteiger partial charge in [-0.3, -0.25) is 0 Å². The summed E-state index contributed by atoms with van der Waals surface area (Å²) in [5.41, 5.74) is 7.64. The Hall–Kier alpha value is -0.840. The molecule has 0 aromatic heterocycles. The monoisotopic (exact) mass is 284 g/mol. The van der Waals surface area contributed by atoms with Crippen LogP contribution in [0.2, 0.25) is 5.02 Å². The van der Waals surface area contributed by atoms with Crippen LogP contribution in [0.25, 0.3) is 0 Å². The molecule has 2 rings (SSSR count). The second kappa shape index (κ2) is 5.43. The lowest BCUT2D eigenvalue weighted by molar-refractivity contribution is -0.00522. The van der Waals surface area contributed by atoms with E-state index in [0.29, 0.717) is 10.0 Å². The Morgan fingerprint density at radius 1 is 1.39 bits per heavy atom. The van der Waals surface area contributed by atoms with Gasteiger partial charge in [-0.05, 0) is 32.0 Å².